The summed E-state index contributed by atoms with van der Waals surface area (Å²) in [4.78, 5) is 33.8. The predicted octanol–water partition coefficient (Wildman–Crippen LogP) is 3.05. The standard InChI is InChI=1S/C28H29FN4O4/c29-18-3-1-16(2-4-18)17-9-22-24(34)23(26(35)31-19-11-28(12-19)5-6-28)27(36)33(25(22)30-13-17)8-7-32-20-10-21(32)15-37-14-20/h1-4,9,13,19-21,34H,5-8,10-12,14-15H2,(H,31,35). The number of pyridine rings is 2. The van der Waals surface area contributed by atoms with Crippen LogP contribution in [0.1, 0.15) is 42.5 Å². The SMILES string of the molecule is O=C(NC1CC2(CC2)C1)c1c(O)c2cc(-c3ccc(F)cc3)cnc2n(CCN2C3COCC2C3)c1=O. The van der Waals surface area contributed by atoms with Gasteiger partial charge in [0.15, 0.2) is 0 Å². The molecular weight excluding hydrogens is 475 g/mol. The Bertz CT molecular complexity index is 1440. The number of aromatic hydroxyl groups is 1. The summed E-state index contributed by atoms with van der Waals surface area (Å²) >= 11 is 0. The molecule has 2 saturated carbocycles. The van der Waals surface area contributed by atoms with Crippen LogP contribution in [0.15, 0.2) is 41.3 Å². The van der Waals surface area contributed by atoms with Crippen LogP contribution in [0.25, 0.3) is 22.2 Å². The van der Waals surface area contributed by atoms with Crippen molar-refractivity contribution in [3.63, 3.8) is 0 Å². The fraction of sp³-hybridized carbons (Fsp3) is 0.464. The monoisotopic (exact) mass is 504 g/mol. The lowest BCUT2D eigenvalue weighted by molar-refractivity contribution is -0.127. The normalized spacial score (nSPS) is 24.0. The van der Waals surface area contributed by atoms with Crippen molar-refractivity contribution in [2.75, 3.05) is 19.8 Å². The van der Waals surface area contributed by atoms with Crippen LogP contribution in [0.3, 0.4) is 0 Å². The Hall–Kier alpha value is -3.30. The summed E-state index contributed by atoms with van der Waals surface area (Å²) in [6, 6.07) is 8.44. The Morgan fingerprint density at radius 3 is 2.54 bits per heavy atom. The molecule has 4 fully saturated rings. The quantitative estimate of drug-likeness (QED) is 0.536. The van der Waals surface area contributed by atoms with Gasteiger partial charge in [-0.2, -0.15) is 0 Å². The molecule has 9 heteroatoms. The lowest BCUT2D eigenvalue weighted by Gasteiger charge is -2.52. The smallest absolute Gasteiger partial charge is 0.268 e. The first-order valence-electron chi connectivity index (χ1n) is 13.1. The van der Waals surface area contributed by atoms with Gasteiger partial charge in [-0.25, -0.2) is 9.37 Å². The first-order chi connectivity index (χ1) is 17.9. The van der Waals surface area contributed by atoms with Gasteiger partial charge in [0.05, 0.1) is 18.6 Å². The number of hydrogen-bond donors (Lipinski definition) is 2. The zero-order chi connectivity index (χ0) is 25.3. The molecule has 1 aromatic carbocycles. The van der Waals surface area contributed by atoms with E-state index in [1.165, 1.54) is 29.5 Å². The Labute approximate surface area is 213 Å². The average molecular weight is 505 g/mol. The molecule has 2 unspecified atom stereocenters. The molecule has 37 heavy (non-hydrogen) atoms. The van der Waals surface area contributed by atoms with Crippen LogP contribution in [-0.4, -0.2) is 63.3 Å². The molecule has 4 aliphatic rings. The lowest BCUT2D eigenvalue weighted by Crippen LogP contribution is -2.64. The van der Waals surface area contributed by atoms with Crippen LogP contribution in [0, 0.1) is 11.2 Å². The summed E-state index contributed by atoms with van der Waals surface area (Å²) in [6.45, 7) is 2.36. The zero-order valence-electron chi connectivity index (χ0n) is 20.5. The van der Waals surface area contributed by atoms with Crippen LogP contribution in [-0.2, 0) is 11.3 Å². The molecule has 192 valence electrons. The highest BCUT2D eigenvalue weighted by Crippen LogP contribution is 2.60. The fourth-order valence-corrected chi connectivity index (χ4v) is 6.45. The number of aromatic nitrogens is 2. The van der Waals surface area contributed by atoms with Crippen molar-refractivity contribution < 1.29 is 19.0 Å². The van der Waals surface area contributed by atoms with Gasteiger partial charge in [-0.3, -0.25) is 19.1 Å². The van der Waals surface area contributed by atoms with Crippen LogP contribution >= 0.6 is 0 Å². The molecule has 2 atom stereocenters. The first kappa shape index (κ1) is 22.9. The van der Waals surface area contributed by atoms with Crippen molar-refractivity contribution in [1.29, 1.82) is 0 Å². The van der Waals surface area contributed by atoms with E-state index in [2.05, 4.69) is 15.2 Å². The summed E-state index contributed by atoms with van der Waals surface area (Å²) in [5.41, 5.74) is 1.32. The first-order valence-corrected chi connectivity index (χ1v) is 13.1. The number of morpholine rings is 1. The van der Waals surface area contributed by atoms with Gasteiger partial charge < -0.3 is 15.2 Å². The number of nitrogens with one attached hydrogen (secondary N) is 1. The summed E-state index contributed by atoms with van der Waals surface area (Å²) in [5.74, 6) is -1.25. The van der Waals surface area contributed by atoms with Gasteiger partial charge in [-0.05, 0) is 61.3 Å². The fourth-order valence-electron chi connectivity index (χ4n) is 6.45. The van der Waals surface area contributed by atoms with E-state index in [0.717, 1.165) is 24.8 Å². The molecule has 1 amide bonds. The Balaban J connectivity index is 1.27. The molecule has 1 spiro atoms. The Morgan fingerprint density at radius 1 is 1.14 bits per heavy atom. The second-order valence-electron chi connectivity index (χ2n) is 11.2. The molecule has 3 aromatic rings. The molecule has 4 heterocycles. The summed E-state index contributed by atoms with van der Waals surface area (Å²) in [7, 11) is 0. The maximum atomic E-state index is 13.6. The third kappa shape index (κ3) is 3.83. The summed E-state index contributed by atoms with van der Waals surface area (Å²) < 4.78 is 20.6. The minimum absolute atomic E-state index is 0.0297. The highest BCUT2D eigenvalue weighted by atomic mass is 19.1. The van der Waals surface area contributed by atoms with E-state index in [0.29, 0.717) is 60.4 Å². The van der Waals surface area contributed by atoms with Crippen molar-refractivity contribution in [3.05, 3.63) is 58.3 Å². The van der Waals surface area contributed by atoms with E-state index >= 15 is 0 Å². The van der Waals surface area contributed by atoms with Crippen molar-refractivity contribution in [2.24, 2.45) is 5.41 Å². The third-order valence-corrected chi connectivity index (χ3v) is 8.81. The number of carbonyl (C=O) groups is 1. The number of fused-ring (bicyclic) bond motifs is 3. The van der Waals surface area contributed by atoms with Crippen molar-refractivity contribution in [3.8, 4) is 16.9 Å². The molecule has 8 nitrogen and oxygen atoms in total. The van der Waals surface area contributed by atoms with Gasteiger partial charge in [0.25, 0.3) is 11.5 Å². The van der Waals surface area contributed by atoms with Crippen molar-refractivity contribution in [2.45, 2.75) is 56.8 Å². The number of ether oxygens (including phenoxy) is 1. The minimum atomic E-state index is -0.542. The number of rotatable bonds is 6. The average Bonchev–Trinajstić information content (AvgIpc) is 3.67. The zero-order valence-corrected chi connectivity index (χ0v) is 20.5. The maximum Gasteiger partial charge on any atom is 0.268 e. The van der Waals surface area contributed by atoms with E-state index in [-0.39, 0.29) is 23.2 Å². The van der Waals surface area contributed by atoms with Crippen molar-refractivity contribution in [1.82, 2.24) is 19.8 Å². The van der Waals surface area contributed by atoms with Gasteiger partial charge >= 0.3 is 0 Å². The van der Waals surface area contributed by atoms with E-state index in [1.807, 2.05) is 0 Å². The molecule has 2 aliphatic carbocycles. The minimum Gasteiger partial charge on any atom is -0.506 e. The number of nitrogens with zero attached hydrogens (tertiary/aromatic N) is 3. The molecule has 7 rings (SSSR count). The Kier molecular flexibility index (Phi) is 5.17. The van der Waals surface area contributed by atoms with Crippen LogP contribution < -0.4 is 10.9 Å². The lowest BCUT2D eigenvalue weighted by atomic mass is 9.77. The van der Waals surface area contributed by atoms with Crippen LogP contribution in [0.2, 0.25) is 0 Å². The number of amides is 1. The van der Waals surface area contributed by atoms with Gasteiger partial charge in [-0.15, -0.1) is 0 Å². The molecular formula is C28H29FN4O4. The maximum absolute atomic E-state index is 13.6. The number of benzene rings is 1. The topological polar surface area (TPSA) is 96.7 Å². The predicted molar refractivity (Wildman–Crippen MR) is 135 cm³/mol. The molecule has 2 N–H and O–H groups in total. The molecule has 2 saturated heterocycles. The van der Waals surface area contributed by atoms with Crippen molar-refractivity contribution >= 4 is 16.9 Å². The molecule has 0 radical (unpaired) electrons. The number of carbonyl (C=O) groups excluding carboxylic acids is 1. The molecule has 2 aliphatic heterocycles. The van der Waals surface area contributed by atoms with Crippen LogP contribution in [0.4, 0.5) is 4.39 Å². The van der Waals surface area contributed by atoms with Gasteiger partial charge in [0.2, 0.25) is 0 Å². The second kappa shape index (κ2) is 8.36. The highest BCUT2D eigenvalue weighted by molar-refractivity contribution is 6.02. The number of halogens is 1. The van der Waals surface area contributed by atoms with E-state index in [4.69, 9.17) is 4.74 Å². The summed E-state index contributed by atoms with van der Waals surface area (Å²) in [5, 5.41) is 14.5. The van der Waals surface area contributed by atoms with Gasteiger partial charge in [0.1, 0.15) is 22.8 Å². The van der Waals surface area contributed by atoms with Crippen LogP contribution in [0.5, 0.6) is 5.75 Å². The van der Waals surface area contributed by atoms with E-state index in [9.17, 15) is 19.1 Å². The third-order valence-electron chi connectivity index (χ3n) is 8.81. The second-order valence-corrected chi connectivity index (χ2v) is 11.2. The summed E-state index contributed by atoms with van der Waals surface area (Å²) in [6.07, 6.45) is 6.97. The highest BCUT2D eigenvalue weighted by Gasteiger charge is 2.53. The largest absolute Gasteiger partial charge is 0.506 e. The Morgan fingerprint density at radius 2 is 1.86 bits per heavy atom. The van der Waals surface area contributed by atoms with Gasteiger partial charge in [0, 0.05) is 43.0 Å². The van der Waals surface area contributed by atoms with E-state index < -0.39 is 11.5 Å². The molecule has 2 aromatic heterocycles. The van der Waals surface area contributed by atoms with Gasteiger partial charge in [-0.1, -0.05) is 12.1 Å². The number of hydrogen-bond acceptors (Lipinski definition) is 6. The molecule has 2 bridgehead atoms. The van der Waals surface area contributed by atoms with E-state index in [1.54, 1.807) is 24.4 Å².